The minimum atomic E-state index is 0. The Labute approximate surface area is 192 Å². The number of aliphatic imine (C=N–C) groups is 1. The minimum Gasteiger partial charge on any atom is -0.496 e. The second-order valence-electron chi connectivity index (χ2n) is 7.19. The van der Waals surface area contributed by atoms with E-state index in [0.29, 0.717) is 19.5 Å². The van der Waals surface area contributed by atoms with Gasteiger partial charge in [0.05, 0.1) is 19.7 Å². The highest BCUT2D eigenvalue weighted by Crippen LogP contribution is 2.31. The molecule has 7 nitrogen and oxygen atoms in total. The molecule has 2 rings (SSSR count). The van der Waals surface area contributed by atoms with Crippen LogP contribution in [0.2, 0.25) is 0 Å². The van der Waals surface area contributed by atoms with Crippen LogP contribution in [0.5, 0.6) is 5.75 Å². The number of carbonyl (C=O) groups is 1. The molecule has 29 heavy (non-hydrogen) atoms. The number of nitrogens with zero attached hydrogens (tertiary/aromatic N) is 3. The van der Waals surface area contributed by atoms with E-state index in [9.17, 15) is 4.79 Å². The molecule has 1 aromatic rings. The number of nitrogens with one attached hydrogen (secondary N) is 2. The molecule has 2 N–H and O–H groups in total. The maximum atomic E-state index is 11.8. The number of benzene rings is 1. The number of hydrogen-bond donors (Lipinski definition) is 2. The van der Waals surface area contributed by atoms with E-state index >= 15 is 0 Å². The summed E-state index contributed by atoms with van der Waals surface area (Å²) in [6.45, 7) is 6.18. The van der Waals surface area contributed by atoms with E-state index in [1.54, 1.807) is 26.1 Å². The number of rotatable bonds is 9. The zero-order chi connectivity index (χ0) is 20.4. The summed E-state index contributed by atoms with van der Waals surface area (Å²) in [5.74, 6) is 1.75. The number of hydrogen-bond acceptors (Lipinski definition) is 4. The van der Waals surface area contributed by atoms with Crippen molar-refractivity contribution in [1.82, 2.24) is 20.4 Å². The van der Waals surface area contributed by atoms with Gasteiger partial charge in [-0.2, -0.15) is 0 Å². The molecule has 1 aliphatic heterocycles. The first-order valence-electron chi connectivity index (χ1n) is 10.2. The lowest BCUT2D eigenvalue weighted by molar-refractivity contribution is -0.128. The first-order valence-corrected chi connectivity index (χ1v) is 10.2. The van der Waals surface area contributed by atoms with Crippen LogP contribution in [0.25, 0.3) is 0 Å². The highest BCUT2D eigenvalue weighted by Gasteiger charge is 2.25. The number of carbonyl (C=O) groups excluding carboxylic acids is 1. The van der Waals surface area contributed by atoms with Gasteiger partial charge in [0.25, 0.3) is 0 Å². The second-order valence-corrected chi connectivity index (χ2v) is 7.19. The summed E-state index contributed by atoms with van der Waals surface area (Å²) in [6.07, 6.45) is 2.89. The fourth-order valence-corrected chi connectivity index (χ4v) is 3.44. The van der Waals surface area contributed by atoms with Gasteiger partial charge in [0.2, 0.25) is 5.91 Å². The SMILES string of the molecule is CCNC(=NCC(c1ccccc1OC)N1CCCC1)NCCC(=O)N(C)C.I. The number of likely N-dealkylation sites (tertiary alicyclic amines) is 1. The quantitative estimate of drug-likeness (QED) is 0.299. The second kappa shape index (κ2) is 13.6. The molecule has 164 valence electrons. The van der Waals surface area contributed by atoms with E-state index in [4.69, 9.17) is 9.73 Å². The van der Waals surface area contributed by atoms with Crippen LogP contribution in [0.15, 0.2) is 29.3 Å². The Hall–Kier alpha value is -1.55. The van der Waals surface area contributed by atoms with Crippen molar-refractivity contribution in [2.24, 2.45) is 4.99 Å². The van der Waals surface area contributed by atoms with Crippen molar-refractivity contribution < 1.29 is 9.53 Å². The first kappa shape index (κ1) is 25.5. The molecule has 0 saturated carbocycles. The molecule has 0 bridgehead atoms. The average molecular weight is 517 g/mol. The van der Waals surface area contributed by atoms with Crippen molar-refractivity contribution in [1.29, 1.82) is 0 Å². The maximum absolute atomic E-state index is 11.8. The monoisotopic (exact) mass is 517 g/mol. The van der Waals surface area contributed by atoms with Crippen LogP contribution in [0.3, 0.4) is 0 Å². The van der Waals surface area contributed by atoms with Gasteiger partial charge in [-0.15, -0.1) is 24.0 Å². The normalized spacial score (nSPS) is 15.4. The number of methoxy groups -OCH3 is 1. The van der Waals surface area contributed by atoms with E-state index in [1.807, 2.05) is 19.1 Å². The van der Waals surface area contributed by atoms with Crippen molar-refractivity contribution in [3.05, 3.63) is 29.8 Å². The summed E-state index contributed by atoms with van der Waals surface area (Å²) in [4.78, 5) is 20.7. The minimum absolute atomic E-state index is 0. The Kier molecular flexibility index (Phi) is 12.0. The van der Waals surface area contributed by atoms with Crippen molar-refractivity contribution in [2.75, 3.05) is 53.9 Å². The Balaban J connectivity index is 0.00000420. The van der Waals surface area contributed by atoms with Crippen LogP contribution in [0, 0.1) is 0 Å². The van der Waals surface area contributed by atoms with Crippen LogP contribution in [0.1, 0.15) is 37.8 Å². The number of amides is 1. The van der Waals surface area contributed by atoms with Crippen molar-refractivity contribution in [2.45, 2.75) is 32.2 Å². The lowest BCUT2D eigenvalue weighted by Crippen LogP contribution is -2.40. The standard InChI is InChI=1S/C21H35N5O2.HI/c1-5-22-21(23-13-12-20(27)25(2)3)24-16-18(26-14-8-9-15-26)17-10-6-7-11-19(17)28-4;/h6-7,10-11,18H,5,8-9,12-16H2,1-4H3,(H2,22,23,24);1H. The van der Waals surface area contributed by atoms with Gasteiger partial charge in [-0.1, -0.05) is 18.2 Å². The third-order valence-electron chi connectivity index (χ3n) is 4.98. The van der Waals surface area contributed by atoms with E-state index in [2.05, 4.69) is 27.7 Å². The van der Waals surface area contributed by atoms with Gasteiger partial charge in [0, 0.05) is 39.2 Å². The van der Waals surface area contributed by atoms with Gasteiger partial charge >= 0.3 is 0 Å². The lowest BCUT2D eigenvalue weighted by atomic mass is 10.0. The summed E-state index contributed by atoms with van der Waals surface area (Å²) in [5.41, 5.74) is 1.18. The lowest BCUT2D eigenvalue weighted by Gasteiger charge is -2.28. The summed E-state index contributed by atoms with van der Waals surface area (Å²) in [7, 11) is 5.27. The third-order valence-corrected chi connectivity index (χ3v) is 4.98. The molecule has 1 amide bonds. The van der Waals surface area contributed by atoms with Gasteiger partial charge in [0.15, 0.2) is 5.96 Å². The molecule has 1 fully saturated rings. The van der Waals surface area contributed by atoms with Gasteiger partial charge < -0.3 is 20.3 Å². The van der Waals surface area contributed by atoms with Crippen LogP contribution in [-0.4, -0.2) is 75.6 Å². The zero-order valence-corrected chi connectivity index (χ0v) is 20.4. The zero-order valence-electron chi connectivity index (χ0n) is 18.1. The Morgan fingerprint density at radius 2 is 1.93 bits per heavy atom. The van der Waals surface area contributed by atoms with Gasteiger partial charge in [-0.3, -0.25) is 14.7 Å². The average Bonchev–Trinajstić information content (AvgIpc) is 3.22. The van der Waals surface area contributed by atoms with Gasteiger partial charge in [0.1, 0.15) is 5.75 Å². The molecule has 0 radical (unpaired) electrons. The maximum Gasteiger partial charge on any atom is 0.223 e. The van der Waals surface area contributed by atoms with E-state index in [0.717, 1.165) is 31.3 Å². The highest BCUT2D eigenvalue weighted by atomic mass is 127. The summed E-state index contributed by atoms with van der Waals surface area (Å²) >= 11 is 0. The largest absolute Gasteiger partial charge is 0.496 e. The summed E-state index contributed by atoms with van der Waals surface area (Å²) in [5, 5.41) is 6.55. The molecular weight excluding hydrogens is 481 g/mol. The van der Waals surface area contributed by atoms with Crippen molar-refractivity contribution in [3.8, 4) is 5.75 Å². The van der Waals surface area contributed by atoms with E-state index in [1.165, 1.54) is 18.4 Å². The van der Waals surface area contributed by atoms with E-state index in [-0.39, 0.29) is 35.9 Å². The molecule has 1 unspecified atom stereocenters. The van der Waals surface area contributed by atoms with Gasteiger partial charge in [-0.25, -0.2) is 0 Å². The highest BCUT2D eigenvalue weighted by molar-refractivity contribution is 14.0. The topological polar surface area (TPSA) is 69.2 Å². The number of guanidine groups is 1. The molecule has 1 aliphatic rings. The molecule has 0 aliphatic carbocycles. The number of halogens is 1. The van der Waals surface area contributed by atoms with E-state index < -0.39 is 0 Å². The van der Waals surface area contributed by atoms with Crippen LogP contribution in [-0.2, 0) is 4.79 Å². The molecule has 0 aromatic heterocycles. The van der Waals surface area contributed by atoms with Crippen LogP contribution < -0.4 is 15.4 Å². The number of para-hydroxylation sites is 1. The smallest absolute Gasteiger partial charge is 0.223 e. The van der Waals surface area contributed by atoms with Gasteiger partial charge in [-0.05, 0) is 38.9 Å². The van der Waals surface area contributed by atoms with Crippen molar-refractivity contribution in [3.63, 3.8) is 0 Å². The Morgan fingerprint density at radius 1 is 1.24 bits per heavy atom. The summed E-state index contributed by atoms with van der Waals surface area (Å²) in [6, 6.07) is 8.38. The Bertz CT molecular complexity index is 648. The van der Waals surface area contributed by atoms with Crippen molar-refractivity contribution >= 4 is 35.8 Å². The molecule has 1 atom stereocenters. The predicted molar refractivity (Wildman–Crippen MR) is 129 cm³/mol. The fraction of sp³-hybridized carbons (Fsp3) is 0.619. The molecule has 0 spiro atoms. The molecule has 1 saturated heterocycles. The molecule has 1 aromatic carbocycles. The predicted octanol–water partition coefficient (Wildman–Crippen LogP) is 2.48. The first-order chi connectivity index (χ1) is 13.6. The Morgan fingerprint density at radius 3 is 2.55 bits per heavy atom. The third kappa shape index (κ3) is 8.00. The molecular formula is C21H36IN5O2. The van der Waals surface area contributed by atoms with Crippen LogP contribution >= 0.6 is 24.0 Å². The number of ether oxygens (including phenoxy) is 1. The molecule has 8 heteroatoms. The van der Waals surface area contributed by atoms with Crippen LogP contribution in [0.4, 0.5) is 0 Å². The fourth-order valence-electron chi connectivity index (χ4n) is 3.44. The molecule has 1 heterocycles. The summed E-state index contributed by atoms with van der Waals surface area (Å²) < 4.78 is 5.61.